The van der Waals surface area contributed by atoms with Crippen molar-refractivity contribution < 1.29 is 14.3 Å². The van der Waals surface area contributed by atoms with Crippen LogP contribution in [-0.4, -0.2) is 76.0 Å². The Kier molecular flexibility index (Phi) is 11.1. The predicted octanol–water partition coefficient (Wildman–Crippen LogP) is 2.93. The summed E-state index contributed by atoms with van der Waals surface area (Å²) in [6, 6.07) is 8.18. The summed E-state index contributed by atoms with van der Waals surface area (Å²) in [6.07, 6.45) is 0.418. The maximum absolute atomic E-state index is 11.6. The number of hydrogen-bond acceptors (Lipinski definition) is 5. The molecule has 0 atom stereocenters. The van der Waals surface area contributed by atoms with Crippen molar-refractivity contribution in [3.8, 4) is 5.75 Å². The molecule has 2 N–H and O–H groups in total. The first-order valence-corrected chi connectivity index (χ1v) is 10.1. The predicted molar refractivity (Wildman–Crippen MR) is 132 cm³/mol. The summed E-state index contributed by atoms with van der Waals surface area (Å²) in [5, 5.41) is 6.15. The summed E-state index contributed by atoms with van der Waals surface area (Å²) in [4.78, 5) is 20.7. The van der Waals surface area contributed by atoms with Gasteiger partial charge in [-0.25, -0.2) is 4.79 Å². The van der Waals surface area contributed by atoms with Gasteiger partial charge in [0.25, 0.3) is 0 Å². The lowest BCUT2D eigenvalue weighted by atomic mass is 10.2. The molecule has 1 fully saturated rings. The monoisotopic (exact) mass is 533 g/mol. The summed E-state index contributed by atoms with van der Waals surface area (Å²) in [7, 11) is 3.48. The summed E-state index contributed by atoms with van der Waals surface area (Å²) in [5.41, 5.74) is 0.736. The molecule has 0 radical (unpaired) electrons. The lowest BCUT2D eigenvalue weighted by molar-refractivity contribution is 0.0527. The van der Waals surface area contributed by atoms with Crippen molar-refractivity contribution in [3.05, 3.63) is 24.3 Å². The van der Waals surface area contributed by atoms with Crippen LogP contribution in [0.1, 0.15) is 27.2 Å². The van der Waals surface area contributed by atoms with Crippen molar-refractivity contribution in [2.45, 2.75) is 32.8 Å². The second-order valence-corrected chi connectivity index (χ2v) is 7.93. The van der Waals surface area contributed by atoms with Gasteiger partial charge in [0.05, 0.1) is 7.11 Å². The van der Waals surface area contributed by atoms with Crippen molar-refractivity contribution in [1.82, 2.24) is 15.5 Å². The summed E-state index contributed by atoms with van der Waals surface area (Å²) >= 11 is 0. The fourth-order valence-electron chi connectivity index (χ4n) is 3.09. The van der Waals surface area contributed by atoms with E-state index < -0.39 is 5.60 Å². The molecule has 1 aromatic carbocycles. The topological polar surface area (TPSA) is 78.4 Å². The van der Waals surface area contributed by atoms with Gasteiger partial charge in [0.1, 0.15) is 11.4 Å². The smallest absolute Gasteiger partial charge is 0.407 e. The van der Waals surface area contributed by atoms with Gasteiger partial charge in [-0.2, -0.15) is 0 Å². The molecule has 0 aliphatic carbocycles. The van der Waals surface area contributed by atoms with E-state index in [1.807, 2.05) is 32.9 Å². The Morgan fingerprint density at radius 3 is 2.20 bits per heavy atom. The highest BCUT2D eigenvalue weighted by Crippen LogP contribution is 2.20. The van der Waals surface area contributed by atoms with E-state index in [0.29, 0.717) is 6.54 Å². The van der Waals surface area contributed by atoms with Crippen LogP contribution in [0.3, 0.4) is 0 Å². The quantitative estimate of drug-likeness (QED) is 0.254. The van der Waals surface area contributed by atoms with Gasteiger partial charge in [0, 0.05) is 52.0 Å². The van der Waals surface area contributed by atoms with E-state index in [9.17, 15) is 4.79 Å². The van der Waals surface area contributed by atoms with Gasteiger partial charge in [-0.15, -0.1) is 24.0 Å². The van der Waals surface area contributed by atoms with Gasteiger partial charge in [-0.1, -0.05) is 0 Å². The number of nitrogens with zero attached hydrogens (tertiary/aromatic N) is 3. The fraction of sp³-hybridized carbons (Fsp3) is 0.619. The lowest BCUT2D eigenvalue weighted by Gasteiger charge is -2.37. The maximum Gasteiger partial charge on any atom is 0.407 e. The van der Waals surface area contributed by atoms with Crippen molar-refractivity contribution in [1.29, 1.82) is 0 Å². The molecular formula is C21H36IN5O3. The maximum atomic E-state index is 11.6. The Balaban J connectivity index is 0.00000450. The van der Waals surface area contributed by atoms with Crippen molar-refractivity contribution >= 4 is 41.7 Å². The summed E-state index contributed by atoms with van der Waals surface area (Å²) in [5.74, 6) is 1.77. The number of halogens is 1. The lowest BCUT2D eigenvalue weighted by Crippen LogP contribution is -2.52. The van der Waals surface area contributed by atoms with E-state index in [4.69, 9.17) is 9.47 Å². The molecule has 1 aromatic rings. The number of ether oxygens (including phenoxy) is 2. The fourth-order valence-corrected chi connectivity index (χ4v) is 3.09. The third-order valence-corrected chi connectivity index (χ3v) is 4.53. The van der Waals surface area contributed by atoms with Crippen LogP contribution in [0.5, 0.6) is 5.75 Å². The summed E-state index contributed by atoms with van der Waals surface area (Å²) < 4.78 is 10.5. The van der Waals surface area contributed by atoms with E-state index in [0.717, 1.165) is 50.9 Å². The summed E-state index contributed by atoms with van der Waals surface area (Å²) in [6.45, 7) is 10.5. The number of carbonyl (C=O) groups is 1. The number of benzene rings is 1. The minimum Gasteiger partial charge on any atom is -0.497 e. The molecule has 0 aromatic heterocycles. The number of hydrogen-bond donors (Lipinski definition) is 2. The number of nitrogens with one attached hydrogen (secondary N) is 2. The number of amides is 1. The molecule has 30 heavy (non-hydrogen) atoms. The molecule has 0 bridgehead atoms. The van der Waals surface area contributed by atoms with E-state index in [1.165, 1.54) is 5.69 Å². The Morgan fingerprint density at radius 2 is 1.67 bits per heavy atom. The van der Waals surface area contributed by atoms with Gasteiger partial charge in [0.15, 0.2) is 5.96 Å². The molecule has 0 unspecified atom stereocenters. The van der Waals surface area contributed by atoms with Crippen LogP contribution in [0.15, 0.2) is 29.3 Å². The zero-order valence-corrected chi connectivity index (χ0v) is 21.1. The number of anilines is 1. The highest BCUT2D eigenvalue weighted by molar-refractivity contribution is 14.0. The first-order chi connectivity index (χ1) is 13.8. The minimum atomic E-state index is -0.474. The molecule has 0 spiro atoms. The zero-order chi connectivity index (χ0) is 21.3. The molecule has 1 heterocycles. The Bertz CT molecular complexity index is 668. The molecule has 1 aliphatic rings. The number of guanidine groups is 1. The van der Waals surface area contributed by atoms with E-state index in [-0.39, 0.29) is 30.1 Å². The number of piperazine rings is 1. The van der Waals surface area contributed by atoms with E-state index >= 15 is 0 Å². The largest absolute Gasteiger partial charge is 0.497 e. The van der Waals surface area contributed by atoms with Gasteiger partial charge < -0.3 is 29.9 Å². The molecule has 1 aliphatic heterocycles. The van der Waals surface area contributed by atoms with E-state index in [1.54, 1.807) is 14.2 Å². The average Bonchev–Trinajstić information content (AvgIpc) is 2.70. The number of alkyl carbamates (subject to hydrolysis) is 1. The molecule has 9 heteroatoms. The minimum absolute atomic E-state index is 0. The van der Waals surface area contributed by atoms with Crippen LogP contribution in [0.4, 0.5) is 10.5 Å². The van der Waals surface area contributed by atoms with Crippen LogP contribution >= 0.6 is 24.0 Å². The molecular weight excluding hydrogens is 497 g/mol. The Hall–Kier alpha value is -1.91. The van der Waals surface area contributed by atoms with Gasteiger partial charge in [-0.05, 0) is 51.5 Å². The van der Waals surface area contributed by atoms with Crippen LogP contribution in [0.25, 0.3) is 0 Å². The number of methoxy groups -OCH3 is 1. The SMILES string of the molecule is CN=C(NCCCNC(=O)OC(C)(C)C)N1CCN(c2ccc(OC)cc2)CC1.I. The van der Waals surface area contributed by atoms with Crippen molar-refractivity contribution in [2.75, 3.05) is 58.3 Å². The third-order valence-electron chi connectivity index (χ3n) is 4.53. The number of carbonyl (C=O) groups excluding carboxylic acids is 1. The highest BCUT2D eigenvalue weighted by Gasteiger charge is 2.20. The standard InChI is InChI=1S/C21H35N5O3.HI/c1-21(2,3)29-20(27)24-12-6-11-23-19(22-4)26-15-13-25(14-16-26)17-7-9-18(28-5)10-8-17;/h7-10H,6,11-16H2,1-5H3,(H,22,23)(H,24,27);1H. The molecule has 8 nitrogen and oxygen atoms in total. The van der Waals surface area contributed by atoms with Crippen molar-refractivity contribution in [3.63, 3.8) is 0 Å². The number of aliphatic imine (C=N–C) groups is 1. The third kappa shape index (κ3) is 8.85. The van der Waals surface area contributed by atoms with E-state index in [2.05, 4.69) is 37.6 Å². The first-order valence-electron chi connectivity index (χ1n) is 10.1. The van der Waals surface area contributed by atoms with Crippen molar-refractivity contribution in [2.24, 2.45) is 4.99 Å². The highest BCUT2D eigenvalue weighted by atomic mass is 127. The van der Waals surface area contributed by atoms with Crippen LogP contribution in [0, 0.1) is 0 Å². The van der Waals surface area contributed by atoms with Gasteiger partial charge >= 0.3 is 6.09 Å². The Labute approximate surface area is 197 Å². The normalized spacial score (nSPS) is 14.6. The van der Waals surface area contributed by atoms with Gasteiger partial charge in [0.2, 0.25) is 0 Å². The van der Waals surface area contributed by atoms with Crippen LogP contribution < -0.4 is 20.3 Å². The van der Waals surface area contributed by atoms with Crippen LogP contribution in [-0.2, 0) is 4.74 Å². The molecule has 0 saturated carbocycles. The van der Waals surface area contributed by atoms with Gasteiger partial charge in [-0.3, -0.25) is 4.99 Å². The number of rotatable bonds is 6. The van der Waals surface area contributed by atoms with Crippen LogP contribution in [0.2, 0.25) is 0 Å². The average molecular weight is 533 g/mol. The second-order valence-electron chi connectivity index (χ2n) is 7.93. The molecule has 170 valence electrons. The zero-order valence-electron chi connectivity index (χ0n) is 18.7. The molecule has 1 saturated heterocycles. The Morgan fingerprint density at radius 1 is 1.07 bits per heavy atom. The molecule has 2 rings (SSSR count). The second kappa shape index (κ2) is 12.7. The molecule has 1 amide bonds. The first kappa shape index (κ1) is 26.1.